The van der Waals surface area contributed by atoms with Gasteiger partial charge in [0.1, 0.15) is 11.6 Å². The molecule has 4 heteroatoms. The Morgan fingerprint density at radius 1 is 1.36 bits per heavy atom. The minimum atomic E-state index is -0.464. The highest BCUT2D eigenvalue weighted by Crippen LogP contribution is 2.24. The van der Waals surface area contributed by atoms with Gasteiger partial charge in [-0.3, -0.25) is 0 Å². The Hall–Kier alpha value is -1.13. The van der Waals surface area contributed by atoms with E-state index in [1.807, 2.05) is 0 Å². The van der Waals surface area contributed by atoms with Gasteiger partial charge in [0.2, 0.25) is 0 Å². The fourth-order valence-corrected chi connectivity index (χ4v) is 1.24. The fourth-order valence-electron chi connectivity index (χ4n) is 1.24. The molecule has 14 heavy (non-hydrogen) atoms. The van der Waals surface area contributed by atoms with Gasteiger partial charge in [0, 0.05) is 12.7 Å². The fraction of sp³-hybridized carbons (Fsp3) is 0.400. The lowest BCUT2D eigenvalue weighted by Crippen LogP contribution is -2.01. The number of aliphatic hydroxyl groups excluding tert-OH is 1. The number of hydrogen-bond acceptors (Lipinski definition) is 3. The number of benzene rings is 1. The molecule has 1 aromatic carbocycles. The van der Waals surface area contributed by atoms with Crippen molar-refractivity contribution in [3.05, 3.63) is 29.1 Å². The quantitative estimate of drug-likeness (QED) is 0.800. The van der Waals surface area contributed by atoms with Crippen molar-refractivity contribution in [1.29, 1.82) is 0 Å². The average Bonchev–Trinajstić information content (AvgIpc) is 2.21. The maximum absolute atomic E-state index is 13.6. The molecule has 0 aliphatic heterocycles. The first-order valence-corrected chi connectivity index (χ1v) is 4.18. The summed E-state index contributed by atoms with van der Waals surface area (Å²) >= 11 is 0. The highest BCUT2D eigenvalue weighted by atomic mass is 19.1. The van der Waals surface area contributed by atoms with Crippen molar-refractivity contribution in [3.63, 3.8) is 0 Å². The Balaban J connectivity index is 3.16. The van der Waals surface area contributed by atoms with Gasteiger partial charge >= 0.3 is 0 Å². The predicted octanol–water partition coefficient (Wildman–Crippen LogP) is 1.47. The van der Waals surface area contributed by atoms with Crippen LogP contribution in [0, 0.1) is 5.82 Å². The third-order valence-electron chi connectivity index (χ3n) is 1.96. The van der Waals surface area contributed by atoms with Crippen LogP contribution < -0.4 is 4.74 Å². The Morgan fingerprint density at radius 3 is 2.57 bits per heavy atom. The summed E-state index contributed by atoms with van der Waals surface area (Å²) in [4.78, 5) is 0. The first kappa shape index (κ1) is 10.9. The molecule has 3 nitrogen and oxygen atoms in total. The van der Waals surface area contributed by atoms with Gasteiger partial charge in [-0.1, -0.05) is 6.07 Å². The van der Waals surface area contributed by atoms with E-state index in [0.717, 1.165) is 0 Å². The largest absolute Gasteiger partial charge is 0.496 e. The molecule has 1 N–H and O–H groups in total. The lowest BCUT2D eigenvalue weighted by Gasteiger charge is -2.10. The van der Waals surface area contributed by atoms with E-state index in [9.17, 15) is 4.39 Å². The van der Waals surface area contributed by atoms with Crippen LogP contribution in [-0.2, 0) is 18.0 Å². The number of ether oxygens (including phenoxy) is 2. The third-order valence-corrected chi connectivity index (χ3v) is 1.96. The van der Waals surface area contributed by atoms with E-state index in [1.165, 1.54) is 20.3 Å². The number of hydrogen-bond donors (Lipinski definition) is 1. The number of aliphatic hydroxyl groups is 1. The van der Waals surface area contributed by atoms with Crippen LogP contribution in [0.25, 0.3) is 0 Å². The van der Waals surface area contributed by atoms with Crippen molar-refractivity contribution in [3.8, 4) is 5.75 Å². The van der Waals surface area contributed by atoms with Gasteiger partial charge in [-0.25, -0.2) is 4.39 Å². The summed E-state index contributed by atoms with van der Waals surface area (Å²) in [5, 5.41) is 8.85. The van der Waals surface area contributed by atoms with Crippen molar-refractivity contribution >= 4 is 0 Å². The lowest BCUT2D eigenvalue weighted by molar-refractivity contribution is 0.177. The van der Waals surface area contributed by atoms with Crippen molar-refractivity contribution in [2.45, 2.75) is 13.2 Å². The SMILES string of the molecule is COCc1c(OC)ccc(CO)c1F. The van der Waals surface area contributed by atoms with E-state index in [0.29, 0.717) is 11.3 Å². The predicted molar refractivity (Wildman–Crippen MR) is 49.6 cm³/mol. The molecule has 0 aromatic heterocycles. The molecule has 1 aromatic rings. The minimum Gasteiger partial charge on any atom is -0.496 e. The van der Waals surface area contributed by atoms with Gasteiger partial charge in [-0.2, -0.15) is 0 Å². The molecule has 0 radical (unpaired) electrons. The van der Waals surface area contributed by atoms with Crippen LogP contribution >= 0.6 is 0 Å². The van der Waals surface area contributed by atoms with Crippen LogP contribution in [0.1, 0.15) is 11.1 Å². The molecular weight excluding hydrogens is 187 g/mol. The molecule has 0 saturated heterocycles. The zero-order valence-electron chi connectivity index (χ0n) is 8.21. The van der Waals surface area contributed by atoms with Crippen LogP contribution in [0.2, 0.25) is 0 Å². The summed E-state index contributed by atoms with van der Waals surface area (Å²) in [6.45, 7) is -0.199. The molecule has 78 valence electrons. The highest BCUT2D eigenvalue weighted by Gasteiger charge is 2.12. The molecule has 0 unspecified atom stereocenters. The average molecular weight is 200 g/mol. The highest BCUT2D eigenvalue weighted by molar-refractivity contribution is 5.38. The Bertz CT molecular complexity index is 312. The van der Waals surface area contributed by atoms with Crippen molar-refractivity contribution in [2.24, 2.45) is 0 Å². The summed E-state index contributed by atoms with van der Waals surface area (Å²) in [7, 11) is 2.94. The van der Waals surface area contributed by atoms with Gasteiger partial charge in [0.05, 0.1) is 25.9 Å². The van der Waals surface area contributed by atoms with Gasteiger partial charge < -0.3 is 14.6 Å². The van der Waals surface area contributed by atoms with Gasteiger partial charge in [-0.05, 0) is 6.07 Å². The molecule has 1 rings (SSSR count). The first-order valence-electron chi connectivity index (χ1n) is 4.18. The molecule has 0 bridgehead atoms. The number of halogens is 1. The normalized spacial score (nSPS) is 10.3. The summed E-state index contributed by atoms with van der Waals surface area (Å²) in [6, 6.07) is 3.11. The van der Waals surface area contributed by atoms with Crippen molar-refractivity contribution in [2.75, 3.05) is 14.2 Å². The second-order valence-electron chi connectivity index (χ2n) is 2.81. The zero-order chi connectivity index (χ0) is 10.6. The molecule has 0 spiro atoms. The van der Waals surface area contributed by atoms with Crippen LogP contribution in [0.4, 0.5) is 4.39 Å². The van der Waals surface area contributed by atoms with Gasteiger partial charge in [0.25, 0.3) is 0 Å². The minimum absolute atomic E-state index is 0.128. The Morgan fingerprint density at radius 2 is 2.07 bits per heavy atom. The summed E-state index contributed by atoms with van der Waals surface area (Å²) < 4.78 is 23.4. The van der Waals surface area contributed by atoms with E-state index in [2.05, 4.69) is 0 Å². The summed E-state index contributed by atoms with van der Waals surface area (Å²) in [5.41, 5.74) is 0.583. The Kier molecular flexibility index (Phi) is 3.85. The van der Waals surface area contributed by atoms with E-state index in [1.54, 1.807) is 6.07 Å². The van der Waals surface area contributed by atoms with Crippen LogP contribution in [-0.4, -0.2) is 19.3 Å². The van der Waals surface area contributed by atoms with Gasteiger partial charge in [0.15, 0.2) is 0 Å². The first-order chi connectivity index (χ1) is 6.74. The summed E-state index contributed by atoms with van der Waals surface area (Å²) in [6.07, 6.45) is 0. The molecule has 0 aliphatic carbocycles. The van der Waals surface area contributed by atoms with E-state index >= 15 is 0 Å². The van der Waals surface area contributed by atoms with Crippen LogP contribution in [0.5, 0.6) is 5.75 Å². The van der Waals surface area contributed by atoms with E-state index < -0.39 is 5.82 Å². The molecule has 0 atom stereocenters. The van der Waals surface area contributed by atoms with E-state index in [4.69, 9.17) is 14.6 Å². The number of rotatable bonds is 4. The molecule has 0 heterocycles. The van der Waals surface area contributed by atoms with Crippen LogP contribution in [0.3, 0.4) is 0 Å². The second-order valence-corrected chi connectivity index (χ2v) is 2.81. The second kappa shape index (κ2) is 4.93. The van der Waals surface area contributed by atoms with E-state index in [-0.39, 0.29) is 18.8 Å². The lowest BCUT2D eigenvalue weighted by atomic mass is 10.1. The van der Waals surface area contributed by atoms with Crippen LogP contribution in [0.15, 0.2) is 12.1 Å². The molecule has 0 amide bonds. The zero-order valence-corrected chi connectivity index (χ0v) is 8.21. The number of methoxy groups -OCH3 is 2. The van der Waals surface area contributed by atoms with Crippen molar-refractivity contribution in [1.82, 2.24) is 0 Å². The standard InChI is InChI=1S/C10H13FO3/c1-13-6-8-9(14-2)4-3-7(5-12)10(8)11/h3-4,12H,5-6H2,1-2H3. The molecular formula is C10H13FO3. The van der Waals surface area contributed by atoms with Crippen molar-refractivity contribution < 1.29 is 19.0 Å². The Labute approximate surface area is 82.1 Å². The molecule has 0 aliphatic rings. The van der Waals surface area contributed by atoms with Gasteiger partial charge in [-0.15, -0.1) is 0 Å². The molecule has 0 fully saturated rings. The third kappa shape index (κ3) is 2.02. The monoisotopic (exact) mass is 200 g/mol. The topological polar surface area (TPSA) is 38.7 Å². The summed E-state index contributed by atoms with van der Waals surface area (Å²) in [5.74, 6) is -0.0322. The maximum atomic E-state index is 13.6. The maximum Gasteiger partial charge on any atom is 0.137 e. The smallest absolute Gasteiger partial charge is 0.137 e. The molecule has 0 saturated carbocycles.